The molecule has 9 heteroatoms. The maximum absolute atomic E-state index is 13.1. The summed E-state index contributed by atoms with van der Waals surface area (Å²) in [5, 5.41) is 7.92. The van der Waals surface area contributed by atoms with Crippen LogP contribution in [0.3, 0.4) is 0 Å². The van der Waals surface area contributed by atoms with Gasteiger partial charge in [-0.2, -0.15) is 4.98 Å². The van der Waals surface area contributed by atoms with Crippen molar-refractivity contribution in [2.75, 3.05) is 6.54 Å². The molecule has 0 aliphatic carbocycles. The van der Waals surface area contributed by atoms with E-state index in [2.05, 4.69) is 41.2 Å². The molecule has 150 valence electrons. The van der Waals surface area contributed by atoms with Crippen molar-refractivity contribution in [3.63, 3.8) is 0 Å². The Kier molecular flexibility index (Phi) is 4.04. The van der Waals surface area contributed by atoms with E-state index in [1.54, 1.807) is 12.4 Å². The van der Waals surface area contributed by atoms with Crippen molar-refractivity contribution in [2.24, 2.45) is 0 Å². The fourth-order valence-electron chi connectivity index (χ4n) is 3.79. The molecule has 1 aromatic carbocycles. The summed E-state index contributed by atoms with van der Waals surface area (Å²) in [4.78, 5) is 24.0. The lowest BCUT2D eigenvalue weighted by molar-refractivity contribution is 0.0461. The molecular formula is C20H21ClN6O2. The minimum absolute atomic E-state index is 0.0559. The summed E-state index contributed by atoms with van der Waals surface area (Å²) < 4.78 is 7.35. The number of hydrogen-bond acceptors (Lipinski definition) is 6. The number of aromatic nitrogens is 4. The third-order valence-electron chi connectivity index (χ3n) is 5.32. The molecule has 4 heterocycles. The zero-order valence-electron chi connectivity index (χ0n) is 16.4. The first-order valence-electron chi connectivity index (χ1n) is 9.58. The number of nitrogens with one attached hydrogen (secondary N) is 1. The average molecular weight is 413 g/mol. The highest BCUT2D eigenvalue weighted by Gasteiger charge is 2.43. The van der Waals surface area contributed by atoms with Gasteiger partial charge in [0.25, 0.3) is 5.91 Å². The molecule has 2 aromatic heterocycles. The maximum atomic E-state index is 13.1. The van der Waals surface area contributed by atoms with Crippen LogP contribution in [0.2, 0.25) is 5.02 Å². The molecule has 0 saturated carbocycles. The Balaban J connectivity index is 1.59. The van der Waals surface area contributed by atoms with Gasteiger partial charge in [0.1, 0.15) is 12.0 Å². The van der Waals surface area contributed by atoms with E-state index in [1.165, 1.54) is 0 Å². The van der Waals surface area contributed by atoms with E-state index < -0.39 is 0 Å². The molecule has 0 spiro atoms. The average Bonchev–Trinajstić information content (AvgIpc) is 3.23. The number of benzene rings is 1. The van der Waals surface area contributed by atoms with E-state index in [1.807, 2.05) is 21.6 Å². The van der Waals surface area contributed by atoms with Crippen LogP contribution in [0.4, 0.5) is 0 Å². The van der Waals surface area contributed by atoms with Crippen molar-refractivity contribution >= 4 is 17.5 Å². The monoisotopic (exact) mass is 412 g/mol. The highest BCUT2D eigenvalue weighted by Crippen LogP contribution is 2.44. The summed E-state index contributed by atoms with van der Waals surface area (Å²) in [6.45, 7) is 7.38. The second kappa shape index (κ2) is 6.40. The minimum atomic E-state index is -0.0851. The van der Waals surface area contributed by atoms with Crippen LogP contribution in [0.15, 0.2) is 29.0 Å². The Hall–Kier alpha value is -2.71. The van der Waals surface area contributed by atoms with Crippen molar-refractivity contribution < 1.29 is 9.32 Å². The lowest BCUT2D eigenvalue weighted by Crippen LogP contribution is -2.44. The van der Waals surface area contributed by atoms with E-state index in [0.717, 1.165) is 17.8 Å². The number of amides is 1. The van der Waals surface area contributed by atoms with Gasteiger partial charge in [0, 0.05) is 12.1 Å². The van der Waals surface area contributed by atoms with Crippen molar-refractivity contribution in [1.29, 1.82) is 0 Å². The first kappa shape index (κ1) is 18.3. The Morgan fingerprint density at radius 3 is 2.90 bits per heavy atom. The number of carbonyl (C=O) groups is 1. The summed E-state index contributed by atoms with van der Waals surface area (Å²) in [5.74, 6) is 0.865. The van der Waals surface area contributed by atoms with Gasteiger partial charge in [0.15, 0.2) is 0 Å². The Morgan fingerprint density at radius 2 is 2.17 bits per heavy atom. The van der Waals surface area contributed by atoms with Crippen LogP contribution < -0.4 is 5.32 Å². The van der Waals surface area contributed by atoms with Crippen LogP contribution in [0.1, 0.15) is 55.2 Å². The summed E-state index contributed by atoms with van der Waals surface area (Å²) in [7, 11) is 0. The van der Waals surface area contributed by atoms with Crippen LogP contribution >= 0.6 is 11.6 Å². The van der Waals surface area contributed by atoms with Crippen molar-refractivity contribution in [3.8, 4) is 17.2 Å². The molecule has 5 rings (SSSR count). The van der Waals surface area contributed by atoms with Gasteiger partial charge >= 0.3 is 0 Å². The van der Waals surface area contributed by atoms with Crippen LogP contribution in [-0.4, -0.2) is 42.6 Å². The minimum Gasteiger partial charge on any atom is -0.337 e. The van der Waals surface area contributed by atoms with Gasteiger partial charge in [-0.25, -0.2) is 4.98 Å². The fourth-order valence-corrected chi connectivity index (χ4v) is 4.04. The first-order valence-corrected chi connectivity index (χ1v) is 9.96. The van der Waals surface area contributed by atoms with E-state index in [4.69, 9.17) is 16.1 Å². The molecule has 8 nitrogen and oxygen atoms in total. The summed E-state index contributed by atoms with van der Waals surface area (Å²) in [5.41, 5.74) is 2.69. The van der Waals surface area contributed by atoms with Crippen LogP contribution in [0.25, 0.3) is 17.2 Å². The molecule has 1 amide bonds. The van der Waals surface area contributed by atoms with Crippen molar-refractivity contribution in [2.45, 2.75) is 45.3 Å². The predicted molar refractivity (Wildman–Crippen MR) is 107 cm³/mol. The zero-order valence-corrected chi connectivity index (χ0v) is 17.2. The van der Waals surface area contributed by atoms with Gasteiger partial charge in [0.05, 0.1) is 34.6 Å². The van der Waals surface area contributed by atoms with Gasteiger partial charge in [-0.05, 0) is 39.3 Å². The Bertz CT molecular complexity index is 1110. The fraction of sp³-hybridized carbons (Fsp3) is 0.400. The second-order valence-corrected chi connectivity index (χ2v) is 8.81. The quantitative estimate of drug-likeness (QED) is 0.709. The Morgan fingerprint density at radius 1 is 1.34 bits per heavy atom. The van der Waals surface area contributed by atoms with Gasteiger partial charge in [0.2, 0.25) is 11.7 Å². The van der Waals surface area contributed by atoms with E-state index in [0.29, 0.717) is 41.1 Å². The van der Waals surface area contributed by atoms with Crippen LogP contribution in [-0.2, 0) is 6.54 Å². The number of imidazole rings is 1. The lowest BCUT2D eigenvalue weighted by Gasteiger charge is -2.39. The van der Waals surface area contributed by atoms with Gasteiger partial charge < -0.3 is 14.7 Å². The molecule has 1 saturated heterocycles. The molecule has 3 aromatic rings. The molecule has 1 N–H and O–H groups in total. The first-order chi connectivity index (χ1) is 13.8. The molecule has 1 atom stereocenters. The van der Waals surface area contributed by atoms with E-state index >= 15 is 0 Å². The Labute approximate surface area is 172 Å². The second-order valence-electron chi connectivity index (χ2n) is 8.40. The largest absolute Gasteiger partial charge is 0.337 e. The summed E-state index contributed by atoms with van der Waals surface area (Å²) >= 11 is 6.38. The lowest BCUT2D eigenvalue weighted by atomic mass is 9.97. The smallest absolute Gasteiger partial charge is 0.258 e. The van der Waals surface area contributed by atoms with E-state index in [-0.39, 0.29) is 17.5 Å². The van der Waals surface area contributed by atoms with Gasteiger partial charge in [-0.15, -0.1) is 0 Å². The number of carbonyl (C=O) groups excluding carboxylic acids is 1. The predicted octanol–water partition coefficient (Wildman–Crippen LogP) is 3.36. The standard InChI is InChI=1S/C20H21ClN6O2/c1-20(2,3)23-9-14-24-18(25-29-14)16-17-13-7-8-26(13)19(28)15-11(21)5-4-6-12(15)27(17)10-22-16/h4-6,10,13,23H,7-9H2,1-3H3/t13-/m0/s1. The number of fused-ring (bicyclic) bond motifs is 5. The van der Waals surface area contributed by atoms with Crippen molar-refractivity contribution in [3.05, 3.63) is 46.7 Å². The molecule has 0 unspecified atom stereocenters. The topological polar surface area (TPSA) is 89.1 Å². The molecule has 2 aliphatic rings. The van der Waals surface area contributed by atoms with Gasteiger partial charge in [-0.1, -0.05) is 22.8 Å². The molecule has 0 bridgehead atoms. The highest BCUT2D eigenvalue weighted by atomic mass is 35.5. The maximum Gasteiger partial charge on any atom is 0.258 e. The third kappa shape index (κ3) is 2.94. The zero-order chi connectivity index (χ0) is 20.3. The number of hydrogen-bond donors (Lipinski definition) is 1. The van der Waals surface area contributed by atoms with Crippen LogP contribution in [0, 0.1) is 0 Å². The highest BCUT2D eigenvalue weighted by molar-refractivity contribution is 6.34. The molecule has 2 aliphatic heterocycles. The molecule has 1 fully saturated rings. The van der Waals surface area contributed by atoms with Crippen LogP contribution in [0.5, 0.6) is 0 Å². The SMILES string of the molecule is CC(C)(C)NCc1nc(-c2ncn3c2[C@@H]2CCN2C(=O)c2c(Cl)cccc2-3)no1. The van der Waals surface area contributed by atoms with Crippen molar-refractivity contribution in [1.82, 2.24) is 29.9 Å². The number of nitrogens with zero attached hydrogens (tertiary/aromatic N) is 5. The molecule has 0 radical (unpaired) electrons. The number of halogens is 1. The summed E-state index contributed by atoms with van der Waals surface area (Å²) in [6.07, 6.45) is 2.56. The van der Waals surface area contributed by atoms with Gasteiger partial charge in [-0.3, -0.25) is 9.36 Å². The van der Waals surface area contributed by atoms with E-state index in [9.17, 15) is 4.79 Å². The summed E-state index contributed by atoms with van der Waals surface area (Å²) in [6, 6.07) is 5.38. The molecule has 29 heavy (non-hydrogen) atoms. The normalized spacial score (nSPS) is 18.0. The third-order valence-corrected chi connectivity index (χ3v) is 5.63. The molecular weight excluding hydrogens is 392 g/mol. The number of rotatable bonds is 3.